The van der Waals surface area contributed by atoms with Crippen LogP contribution < -0.4 is 10.6 Å². The number of hydrogen-bond donors (Lipinski definition) is 2. The Morgan fingerprint density at radius 2 is 1.77 bits per heavy atom. The number of carbonyl (C=O) groups excluding carboxylic acids is 3. The number of carbonyl (C=O) groups is 3. The van der Waals surface area contributed by atoms with Crippen molar-refractivity contribution in [1.29, 1.82) is 0 Å². The Bertz CT molecular complexity index is 553. The number of benzene rings is 1. The van der Waals surface area contributed by atoms with Gasteiger partial charge in [-0.2, -0.15) is 0 Å². The average Bonchev–Trinajstić information content (AvgIpc) is 2.98. The summed E-state index contributed by atoms with van der Waals surface area (Å²) in [4.78, 5) is 34.8. The summed E-state index contributed by atoms with van der Waals surface area (Å²) in [7, 11) is 0. The molecule has 0 spiro atoms. The number of amides is 3. The van der Waals surface area contributed by atoms with Crippen molar-refractivity contribution in [2.75, 3.05) is 6.61 Å². The number of nitrogens with one attached hydrogen (secondary N) is 2. The molecule has 0 heterocycles. The predicted molar refractivity (Wildman–Crippen MR) is 83.4 cm³/mol. The molecule has 1 fully saturated rings. The summed E-state index contributed by atoms with van der Waals surface area (Å²) in [5, 5.41) is 4.87. The number of esters is 1. The van der Waals surface area contributed by atoms with Crippen LogP contribution >= 0.6 is 15.9 Å². The number of halogens is 1. The van der Waals surface area contributed by atoms with E-state index in [1.807, 2.05) is 0 Å². The van der Waals surface area contributed by atoms with E-state index >= 15 is 0 Å². The minimum absolute atomic E-state index is 0.123. The minimum atomic E-state index is -0.652. The molecular weight excluding hydrogens is 352 g/mol. The standard InChI is InChI=1S/C15H17BrN2O4/c16-11-7-5-10(6-8-11)14(20)22-9-13(19)18-15(21)17-12-3-1-2-4-12/h5-8,12H,1-4,9H2,(H2,17,18,19,21). The van der Waals surface area contributed by atoms with Crippen molar-refractivity contribution >= 4 is 33.8 Å². The second-order valence-electron chi connectivity index (χ2n) is 5.09. The van der Waals surface area contributed by atoms with Crippen LogP contribution in [0.15, 0.2) is 28.7 Å². The second-order valence-corrected chi connectivity index (χ2v) is 6.00. The highest BCUT2D eigenvalue weighted by Crippen LogP contribution is 2.17. The molecule has 0 aliphatic heterocycles. The summed E-state index contributed by atoms with van der Waals surface area (Å²) in [6.45, 7) is -0.493. The van der Waals surface area contributed by atoms with Crippen molar-refractivity contribution in [2.24, 2.45) is 0 Å². The van der Waals surface area contributed by atoms with Crippen LogP contribution in [0.2, 0.25) is 0 Å². The first kappa shape index (κ1) is 16.5. The molecule has 0 bridgehead atoms. The topological polar surface area (TPSA) is 84.5 Å². The molecule has 0 aromatic heterocycles. The molecule has 0 unspecified atom stereocenters. The third-order valence-corrected chi connectivity index (χ3v) is 3.89. The van der Waals surface area contributed by atoms with Crippen LogP contribution in [0.25, 0.3) is 0 Å². The molecular formula is C15H17BrN2O4. The number of urea groups is 1. The normalized spacial score (nSPS) is 14.4. The van der Waals surface area contributed by atoms with Gasteiger partial charge in [-0.15, -0.1) is 0 Å². The molecule has 1 aromatic rings. The minimum Gasteiger partial charge on any atom is -0.452 e. The first-order valence-corrected chi connectivity index (χ1v) is 7.87. The van der Waals surface area contributed by atoms with E-state index in [9.17, 15) is 14.4 Å². The van der Waals surface area contributed by atoms with Crippen molar-refractivity contribution in [1.82, 2.24) is 10.6 Å². The van der Waals surface area contributed by atoms with E-state index in [0.29, 0.717) is 5.56 Å². The van der Waals surface area contributed by atoms with Gasteiger partial charge in [0.25, 0.3) is 5.91 Å². The molecule has 0 saturated heterocycles. The van der Waals surface area contributed by atoms with Crippen molar-refractivity contribution in [2.45, 2.75) is 31.7 Å². The molecule has 22 heavy (non-hydrogen) atoms. The van der Waals surface area contributed by atoms with E-state index in [2.05, 4.69) is 26.6 Å². The number of hydrogen-bond acceptors (Lipinski definition) is 4. The first-order valence-electron chi connectivity index (χ1n) is 7.07. The Morgan fingerprint density at radius 1 is 1.14 bits per heavy atom. The fourth-order valence-corrected chi connectivity index (χ4v) is 2.52. The quantitative estimate of drug-likeness (QED) is 0.799. The lowest BCUT2D eigenvalue weighted by Gasteiger charge is -2.12. The Hall–Kier alpha value is -1.89. The van der Waals surface area contributed by atoms with Gasteiger partial charge < -0.3 is 10.1 Å². The molecule has 0 radical (unpaired) electrons. The fraction of sp³-hybridized carbons (Fsp3) is 0.400. The third-order valence-electron chi connectivity index (χ3n) is 3.36. The summed E-state index contributed by atoms with van der Waals surface area (Å²) in [6.07, 6.45) is 4.04. The van der Waals surface area contributed by atoms with Crippen LogP contribution in [0.5, 0.6) is 0 Å². The van der Waals surface area contributed by atoms with Crippen molar-refractivity contribution in [3.05, 3.63) is 34.3 Å². The molecule has 3 amide bonds. The van der Waals surface area contributed by atoms with Gasteiger partial charge in [0.2, 0.25) is 0 Å². The van der Waals surface area contributed by atoms with Gasteiger partial charge in [-0.3, -0.25) is 10.1 Å². The molecule has 1 saturated carbocycles. The Kier molecular flexibility index (Phi) is 5.94. The average molecular weight is 369 g/mol. The molecule has 1 aliphatic rings. The molecule has 1 aromatic carbocycles. The number of ether oxygens (including phenoxy) is 1. The molecule has 6 nitrogen and oxygen atoms in total. The number of rotatable bonds is 4. The van der Waals surface area contributed by atoms with Crippen molar-refractivity contribution < 1.29 is 19.1 Å². The zero-order chi connectivity index (χ0) is 15.9. The van der Waals surface area contributed by atoms with Gasteiger partial charge in [0, 0.05) is 10.5 Å². The van der Waals surface area contributed by atoms with Crippen LogP contribution in [0.1, 0.15) is 36.0 Å². The van der Waals surface area contributed by atoms with Gasteiger partial charge in [-0.25, -0.2) is 9.59 Å². The monoisotopic (exact) mass is 368 g/mol. The van der Waals surface area contributed by atoms with Crippen molar-refractivity contribution in [3.8, 4) is 0 Å². The maximum Gasteiger partial charge on any atom is 0.338 e. The number of imide groups is 1. The summed E-state index contributed by atoms with van der Waals surface area (Å²) in [6, 6.07) is 6.14. The predicted octanol–water partition coefficient (Wildman–Crippen LogP) is 2.37. The Labute approximate surface area is 136 Å². The summed E-state index contributed by atoms with van der Waals surface area (Å²) in [5.74, 6) is -1.26. The highest BCUT2D eigenvalue weighted by Gasteiger charge is 2.18. The van der Waals surface area contributed by atoms with E-state index in [1.54, 1.807) is 24.3 Å². The molecule has 2 N–H and O–H groups in total. The molecule has 7 heteroatoms. The lowest BCUT2D eigenvalue weighted by molar-refractivity contribution is -0.123. The van der Waals surface area contributed by atoms with Gasteiger partial charge in [0.05, 0.1) is 5.56 Å². The van der Waals surface area contributed by atoms with E-state index in [-0.39, 0.29) is 6.04 Å². The molecule has 118 valence electrons. The zero-order valence-electron chi connectivity index (χ0n) is 11.9. The highest BCUT2D eigenvalue weighted by atomic mass is 79.9. The third kappa shape index (κ3) is 5.14. The van der Waals surface area contributed by atoms with Gasteiger partial charge >= 0.3 is 12.0 Å². The van der Waals surface area contributed by atoms with Gasteiger partial charge in [-0.1, -0.05) is 28.8 Å². The lowest BCUT2D eigenvalue weighted by atomic mass is 10.2. The van der Waals surface area contributed by atoms with Gasteiger partial charge in [0.15, 0.2) is 6.61 Å². The fourth-order valence-electron chi connectivity index (χ4n) is 2.25. The largest absolute Gasteiger partial charge is 0.452 e. The van der Waals surface area contributed by atoms with Crippen LogP contribution in [-0.2, 0) is 9.53 Å². The maximum atomic E-state index is 11.7. The van der Waals surface area contributed by atoms with Crippen molar-refractivity contribution in [3.63, 3.8) is 0 Å². The summed E-state index contributed by atoms with van der Waals surface area (Å²) in [5.41, 5.74) is 0.339. The van der Waals surface area contributed by atoms with E-state index in [0.717, 1.165) is 30.2 Å². The van der Waals surface area contributed by atoms with Crippen LogP contribution in [0.4, 0.5) is 4.79 Å². The second kappa shape index (κ2) is 7.93. The van der Waals surface area contributed by atoms with Crippen LogP contribution in [0, 0.1) is 0 Å². The molecule has 0 atom stereocenters. The first-order chi connectivity index (χ1) is 10.5. The maximum absolute atomic E-state index is 11.7. The van der Waals surface area contributed by atoms with Gasteiger partial charge in [0.1, 0.15) is 0 Å². The molecule has 2 rings (SSSR count). The summed E-state index contributed by atoms with van der Waals surface area (Å²) < 4.78 is 5.69. The van der Waals surface area contributed by atoms with Crippen LogP contribution in [-0.4, -0.2) is 30.6 Å². The van der Waals surface area contributed by atoms with E-state index in [1.165, 1.54) is 0 Å². The van der Waals surface area contributed by atoms with Crippen LogP contribution in [0.3, 0.4) is 0 Å². The van der Waals surface area contributed by atoms with E-state index < -0.39 is 24.5 Å². The molecule has 1 aliphatic carbocycles. The zero-order valence-corrected chi connectivity index (χ0v) is 13.5. The van der Waals surface area contributed by atoms with E-state index in [4.69, 9.17) is 4.74 Å². The summed E-state index contributed by atoms with van der Waals surface area (Å²) >= 11 is 3.26. The SMILES string of the molecule is O=C(COC(=O)c1ccc(Br)cc1)NC(=O)NC1CCCC1. The Balaban J connectivity index is 1.71. The highest BCUT2D eigenvalue weighted by molar-refractivity contribution is 9.10. The smallest absolute Gasteiger partial charge is 0.338 e. The van der Waals surface area contributed by atoms with Gasteiger partial charge in [-0.05, 0) is 37.1 Å². The Morgan fingerprint density at radius 3 is 2.41 bits per heavy atom. The lowest BCUT2D eigenvalue weighted by Crippen LogP contribution is -2.44.